The van der Waals surface area contributed by atoms with Gasteiger partial charge in [-0.3, -0.25) is 0 Å². The largest absolute Gasteiger partial charge is 0.494 e. The molecule has 0 aliphatic heterocycles. The van der Waals surface area contributed by atoms with Crippen LogP contribution < -0.4 is 10.5 Å². The van der Waals surface area contributed by atoms with Crippen LogP contribution in [0, 0.1) is 20.8 Å². The van der Waals surface area contributed by atoms with Crippen LogP contribution in [-0.4, -0.2) is 12.6 Å². The topological polar surface area (TPSA) is 35.2 Å². The molecule has 0 amide bonds. The zero-order valence-corrected chi connectivity index (χ0v) is 13.9. The third-order valence-electron chi connectivity index (χ3n) is 4.17. The van der Waals surface area contributed by atoms with Crippen LogP contribution in [0.4, 0.5) is 0 Å². The molecule has 0 saturated heterocycles. The lowest BCUT2D eigenvalue weighted by molar-refractivity contribution is 0.337. The second-order valence-electron chi connectivity index (χ2n) is 5.79. The van der Waals surface area contributed by atoms with Crippen LogP contribution in [0.3, 0.4) is 0 Å². The third kappa shape index (κ3) is 4.52. The zero-order chi connectivity index (χ0) is 15.1. The average Bonchev–Trinajstić information content (AvgIpc) is 2.40. The molecule has 1 aromatic carbocycles. The smallest absolute Gasteiger partial charge is 0.122 e. The van der Waals surface area contributed by atoms with Crippen molar-refractivity contribution in [2.24, 2.45) is 5.73 Å². The van der Waals surface area contributed by atoms with Crippen molar-refractivity contribution in [3.05, 3.63) is 28.3 Å². The van der Waals surface area contributed by atoms with Gasteiger partial charge in [0.1, 0.15) is 5.75 Å². The van der Waals surface area contributed by atoms with E-state index in [-0.39, 0.29) is 0 Å². The molecule has 0 radical (unpaired) electrons. The molecular weight excluding hydrogens is 246 g/mol. The minimum absolute atomic E-state index is 0.365. The van der Waals surface area contributed by atoms with Crippen molar-refractivity contribution < 1.29 is 4.74 Å². The lowest BCUT2D eigenvalue weighted by Gasteiger charge is -2.17. The molecule has 0 aliphatic rings. The number of hydrogen-bond acceptors (Lipinski definition) is 2. The highest BCUT2D eigenvalue weighted by Gasteiger charge is 2.11. The van der Waals surface area contributed by atoms with Crippen LogP contribution in [0.2, 0.25) is 0 Å². The fraction of sp³-hybridized carbons (Fsp3) is 0.667. The number of aryl methyl sites for hydroxylation is 1. The van der Waals surface area contributed by atoms with Crippen LogP contribution in [-0.2, 0) is 6.42 Å². The van der Waals surface area contributed by atoms with E-state index in [1.807, 2.05) is 6.92 Å². The van der Waals surface area contributed by atoms with Gasteiger partial charge < -0.3 is 10.5 Å². The highest BCUT2D eigenvalue weighted by molar-refractivity contribution is 5.48. The van der Waals surface area contributed by atoms with Crippen molar-refractivity contribution in [1.82, 2.24) is 0 Å². The number of ether oxygens (including phenoxy) is 1. The summed E-state index contributed by atoms with van der Waals surface area (Å²) >= 11 is 0. The Morgan fingerprint density at radius 2 is 1.80 bits per heavy atom. The predicted octanol–water partition coefficient (Wildman–Crippen LogP) is 4.46. The van der Waals surface area contributed by atoms with Crippen LogP contribution in [0.15, 0.2) is 6.07 Å². The molecular formula is C18H31NO. The minimum Gasteiger partial charge on any atom is -0.494 e. The summed E-state index contributed by atoms with van der Waals surface area (Å²) in [7, 11) is 0. The first-order valence-electron chi connectivity index (χ1n) is 7.99. The summed E-state index contributed by atoms with van der Waals surface area (Å²) < 4.78 is 5.71. The molecule has 0 bridgehead atoms. The van der Waals surface area contributed by atoms with Crippen molar-refractivity contribution in [2.75, 3.05) is 6.61 Å². The van der Waals surface area contributed by atoms with E-state index >= 15 is 0 Å². The Balaban J connectivity index is 2.73. The second kappa shape index (κ2) is 8.31. The molecule has 114 valence electrons. The van der Waals surface area contributed by atoms with E-state index in [1.54, 1.807) is 0 Å². The van der Waals surface area contributed by atoms with Gasteiger partial charge in [-0.05, 0) is 81.7 Å². The maximum Gasteiger partial charge on any atom is 0.122 e. The van der Waals surface area contributed by atoms with Gasteiger partial charge in [0.2, 0.25) is 0 Å². The number of rotatable bonds is 8. The van der Waals surface area contributed by atoms with Crippen molar-refractivity contribution in [2.45, 2.75) is 72.8 Å². The average molecular weight is 277 g/mol. The Bertz CT molecular complexity index is 426. The molecule has 0 spiro atoms. The molecule has 0 fully saturated rings. The second-order valence-corrected chi connectivity index (χ2v) is 5.79. The highest BCUT2D eigenvalue weighted by atomic mass is 16.5. The minimum atomic E-state index is 0.365. The van der Waals surface area contributed by atoms with Crippen molar-refractivity contribution >= 4 is 0 Å². The first-order chi connectivity index (χ1) is 9.51. The van der Waals surface area contributed by atoms with E-state index in [1.165, 1.54) is 35.1 Å². The number of nitrogens with two attached hydrogens (primary N) is 1. The maximum atomic E-state index is 6.10. The zero-order valence-electron chi connectivity index (χ0n) is 13.9. The van der Waals surface area contributed by atoms with Gasteiger partial charge in [0, 0.05) is 6.04 Å². The SMILES string of the molecule is CCCC(N)CCCc1c(C)cc(OCC)c(C)c1C. The molecule has 1 rings (SSSR count). The Hall–Kier alpha value is -1.02. The van der Waals surface area contributed by atoms with Crippen molar-refractivity contribution in [1.29, 1.82) is 0 Å². The molecule has 2 N–H and O–H groups in total. The highest BCUT2D eigenvalue weighted by Crippen LogP contribution is 2.28. The van der Waals surface area contributed by atoms with Gasteiger partial charge in [0.05, 0.1) is 6.61 Å². The monoisotopic (exact) mass is 277 g/mol. The Morgan fingerprint density at radius 3 is 2.40 bits per heavy atom. The fourth-order valence-corrected chi connectivity index (χ4v) is 2.85. The summed E-state index contributed by atoms with van der Waals surface area (Å²) in [6, 6.07) is 2.55. The Morgan fingerprint density at radius 1 is 1.10 bits per heavy atom. The van der Waals surface area contributed by atoms with Gasteiger partial charge in [-0.1, -0.05) is 13.3 Å². The molecule has 1 unspecified atom stereocenters. The molecule has 0 aromatic heterocycles. The molecule has 0 aliphatic carbocycles. The first kappa shape index (κ1) is 17.0. The summed E-state index contributed by atoms with van der Waals surface area (Å²) in [5.41, 5.74) is 11.6. The van der Waals surface area contributed by atoms with E-state index in [4.69, 9.17) is 10.5 Å². The lowest BCUT2D eigenvalue weighted by Crippen LogP contribution is -2.19. The maximum absolute atomic E-state index is 6.10. The molecule has 1 atom stereocenters. The van der Waals surface area contributed by atoms with Gasteiger partial charge in [-0.25, -0.2) is 0 Å². The van der Waals surface area contributed by atoms with E-state index in [9.17, 15) is 0 Å². The van der Waals surface area contributed by atoms with Crippen molar-refractivity contribution in [3.8, 4) is 5.75 Å². The normalized spacial score (nSPS) is 12.5. The summed E-state index contributed by atoms with van der Waals surface area (Å²) in [6.07, 6.45) is 5.75. The van der Waals surface area contributed by atoms with E-state index in [2.05, 4.69) is 33.8 Å². The standard InChI is InChI=1S/C18H31NO/c1-6-9-16(19)10-8-11-17-13(3)12-18(20-7-2)15(5)14(17)4/h12,16H,6-11,19H2,1-5H3. The van der Waals surface area contributed by atoms with Gasteiger partial charge in [-0.2, -0.15) is 0 Å². The van der Waals surface area contributed by atoms with E-state index in [0.29, 0.717) is 6.04 Å². The van der Waals surface area contributed by atoms with Crippen molar-refractivity contribution in [3.63, 3.8) is 0 Å². The van der Waals surface area contributed by atoms with Gasteiger partial charge in [0.15, 0.2) is 0 Å². The van der Waals surface area contributed by atoms with Crippen LogP contribution in [0.5, 0.6) is 5.75 Å². The summed E-state index contributed by atoms with van der Waals surface area (Å²) in [4.78, 5) is 0. The Labute approximate surface area is 124 Å². The molecule has 1 aromatic rings. The Kier molecular flexibility index (Phi) is 7.08. The fourth-order valence-electron chi connectivity index (χ4n) is 2.85. The molecule has 0 saturated carbocycles. The molecule has 2 nitrogen and oxygen atoms in total. The van der Waals surface area contributed by atoms with Crippen LogP contribution in [0.25, 0.3) is 0 Å². The number of benzene rings is 1. The summed E-state index contributed by atoms with van der Waals surface area (Å²) in [5.74, 6) is 1.04. The predicted molar refractivity (Wildman–Crippen MR) is 87.6 cm³/mol. The van der Waals surface area contributed by atoms with E-state index in [0.717, 1.165) is 31.6 Å². The lowest BCUT2D eigenvalue weighted by atomic mass is 9.92. The summed E-state index contributed by atoms with van der Waals surface area (Å²) in [6.45, 7) is 11.5. The van der Waals surface area contributed by atoms with E-state index < -0.39 is 0 Å². The number of hydrogen-bond donors (Lipinski definition) is 1. The molecule has 20 heavy (non-hydrogen) atoms. The molecule has 0 heterocycles. The summed E-state index contributed by atoms with van der Waals surface area (Å²) in [5, 5.41) is 0. The van der Waals surface area contributed by atoms with Crippen LogP contribution in [0.1, 0.15) is 61.8 Å². The molecule has 2 heteroatoms. The van der Waals surface area contributed by atoms with Gasteiger partial charge in [-0.15, -0.1) is 0 Å². The van der Waals surface area contributed by atoms with Crippen LogP contribution >= 0.6 is 0 Å². The quantitative estimate of drug-likeness (QED) is 0.761. The first-order valence-corrected chi connectivity index (χ1v) is 7.99. The third-order valence-corrected chi connectivity index (χ3v) is 4.17. The van der Waals surface area contributed by atoms with Gasteiger partial charge in [0.25, 0.3) is 0 Å². The van der Waals surface area contributed by atoms with Gasteiger partial charge >= 0.3 is 0 Å².